The molecule has 29 heavy (non-hydrogen) atoms. The summed E-state index contributed by atoms with van der Waals surface area (Å²) in [6, 6.07) is 3.07. The van der Waals surface area contributed by atoms with Gasteiger partial charge in [0.05, 0.1) is 11.2 Å². The van der Waals surface area contributed by atoms with Crippen LogP contribution in [-0.2, 0) is 0 Å². The summed E-state index contributed by atoms with van der Waals surface area (Å²) >= 11 is 0. The van der Waals surface area contributed by atoms with Gasteiger partial charge in [0, 0.05) is 5.54 Å². The van der Waals surface area contributed by atoms with E-state index in [0.29, 0.717) is 17.8 Å². The van der Waals surface area contributed by atoms with Gasteiger partial charge in [0.2, 0.25) is 11.6 Å². The van der Waals surface area contributed by atoms with Crippen molar-refractivity contribution in [1.82, 2.24) is 15.4 Å². The number of amides is 1. The predicted molar refractivity (Wildman–Crippen MR) is 103 cm³/mol. The number of furan rings is 1. The zero-order chi connectivity index (χ0) is 20.0. The van der Waals surface area contributed by atoms with Gasteiger partial charge >= 0.3 is 11.6 Å². The van der Waals surface area contributed by atoms with Gasteiger partial charge in [-0.25, -0.2) is 9.97 Å². The number of aromatic nitrogens is 2. The second-order valence-corrected chi connectivity index (χ2v) is 8.56. The molecule has 0 unspecified atom stereocenters. The lowest BCUT2D eigenvalue weighted by molar-refractivity contribution is -0.383. The SMILES string of the molecule is O=C(NNc1ncnc(NC23CC4CC(CC(C4)C2)C3)c1[N+](=O)[O-])c1ccco1. The fraction of sp³-hybridized carbons (Fsp3) is 0.526. The van der Waals surface area contributed by atoms with Crippen molar-refractivity contribution in [2.45, 2.75) is 44.1 Å². The summed E-state index contributed by atoms with van der Waals surface area (Å²) < 4.78 is 5.01. The van der Waals surface area contributed by atoms with Crippen LogP contribution < -0.4 is 16.2 Å². The smallest absolute Gasteiger partial charge is 0.354 e. The normalized spacial score (nSPS) is 29.4. The van der Waals surface area contributed by atoms with Crippen LogP contribution in [0, 0.1) is 27.9 Å². The third-order valence-corrected chi connectivity index (χ3v) is 6.47. The Morgan fingerprint density at radius 3 is 2.38 bits per heavy atom. The standard InChI is InChI=1S/C19H22N6O4/c26-18(14-2-1-3-29-14)24-23-17-15(25(27)28)16(20-10-21-17)22-19-7-11-4-12(8-19)6-13(5-11)9-19/h1-3,10-13H,4-9H2,(H,24,26)(H2,20,21,22,23). The Bertz CT molecular complexity index is 909. The highest BCUT2D eigenvalue weighted by Gasteiger charge is 2.51. The van der Waals surface area contributed by atoms with Crippen molar-refractivity contribution in [3.05, 3.63) is 40.6 Å². The summed E-state index contributed by atoms with van der Waals surface area (Å²) in [6.45, 7) is 0. The number of rotatable bonds is 6. The molecule has 0 saturated heterocycles. The molecule has 2 aromatic rings. The van der Waals surface area contributed by atoms with Crippen LogP contribution in [0.15, 0.2) is 29.1 Å². The number of nitro groups is 1. The molecule has 4 saturated carbocycles. The van der Waals surface area contributed by atoms with Crippen molar-refractivity contribution < 1.29 is 14.1 Å². The largest absolute Gasteiger partial charge is 0.459 e. The molecule has 2 heterocycles. The lowest BCUT2D eigenvalue weighted by Crippen LogP contribution is -2.55. The topological polar surface area (TPSA) is 135 Å². The maximum Gasteiger partial charge on any atom is 0.354 e. The molecule has 1 amide bonds. The van der Waals surface area contributed by atoms with Crippen LogP contribution in [-0.4, -0.2) is 26.3 Å². The molecule has 6 rings (SSSR count). The van der Waals surface area contributed by atoms with Crippen LogP contribution in [0.5, 0.6) is 0 Å². The van der Waals surface area contributed by atoms with E-state index in [9.17, 15) is 14.9 Å². The van der Waals surface area contributed by atoms with Crippen LogP contribution in [0.3, 0.4) is 0 Å². The minimum absolute atomic E-state index is 0.0721. The molecular formula is C19H22N6O4. The van der Waals surface area contributed by atoms with Crippen molar-refractivity contribution in [2.75, 3.05) is 10.7 Å². The minimum atomic E-state index is -0.557. The summed E-state index contributed by atoms with van der Waals surface area (Å²) in [5.74, 6) is 1.73. The Labute approximate surface area is 166 Å². The lowest BCUT2D eigenvalue weighted by atomic mass is 9.53. The Morgan fingerprint density at radius 2 is 1.79 bits per heavy atom. The van der Waals surface area contributed by atoms with E-state index in [0.717, 1.165) is 19.3 Å². The van der Waals surface area contributed by atoms with Gasteiger partial charge in [-0.05, 0) is 68.4 Å². The molecule has 152 valence electrons. The number of hydrogen-bond acceptors (Lipinski definition) is 8. The first-order valence-electron chi connectivity index (χ1n) is 9.89. The molecular weight excluding hydrogens is 376 g/mol. The Morgan fingerprint density at radius 1 is 1.14 bits per heavy atom. The second kappa shape index (κ2) is 6.71. The first kappa shape index (κ1) is 17.9. The van der Waals surface area contributed by atoms with Crippen molar-refractivity contribution in [1.29, 1.82) is 0 Å². The average molecular weight is 398 g/mol. The van der Waals surface area contributed by atoms with Gasteiger partial charge in [-0.3, -0.25) is 25.8 Å². The molecule has 10 nitrogen and oxygen atoms in total. The first-order chi connectivity index (χ1) is 14.0. The van der Waals surface area contributed by atoms with E-state index in [1.54, 1.807) is 6.07 Å². The predicted octanol–water partition coefficient (Wildman–Crippen LogP) is 3.12. The van der Waals surface area contributed by atoms with Gasteiger partial charge in [0.1, 0.15) is 6.33 Å². The summed E-state index contributed by atoms with van der Waals surface area (Å²) in [5.41, 5.74) is 4.51. The fourth-order valence-corrected chi connectivity index (χ4v) is 5.83. The number of carbonyl (C=O) groups is 1. The van der Waals surface area contributed by atoms with E-state index >= 15 is 0 Å². The molecule has 4 aliphatic rings. The number of nitrogens with zero attached hydrogens (tertiary/aromatic N) is 3. The zero-order valence-electron chi connectivity index (χ0n) is 15.8. The molecule has 10 heteroatoms. The van der Waals surface area contributed by atoms with Gasteiger partial charge in [-0.2, -0.15) is 0 Å². The van der Waals surface area contributed by atoms with E-state index in [-0.39, 0.29) is 28.6 Å². The van der Waals surface area contributed by atoms with E-state index in [1.165, 1.54) is 37.9 Å². The van der Waals surface area contributed by atoms with Gasteiger partial charge < -0.3 is 9.73 Å². The third kappa shape index (κ3) is 3.28. The third-order valence-electron chi connectivity index (χ3n) is 6.47. The quantitative estimate of drug-likeness (QED) is 0.499. The highest BCUT2D eigenvalue weighted by Crippen LogP contribution is 2.56. The second-order valence-electron chi connectivity index (χ2n) is 8.56. The summed E-state index contributed by atoms with van der Waals surface area (Å²) in [5, 5.41) is 15.2. The first-order valence-corrected chi connectivity index (χ1v) is 9.89. The van der Waals surface area contributed by atoms with E-state index < -0.39 is 10.8 Å². The maximum atomic E-state index is 12.0. The summed E-state index contributed by atoms with van der Waals surface area (Å²) in [6.07, 6.45) is 9.54. The Kier molecular flexibility index (Phi) is 4.14. The molecule has 0 spiro atoms. The molecule has 0 aromatic carbocycles. The van der Waals surface area contributed by atoms with Crippen LogP contribution in [0.2, 0.25) is 0 Å². The molecule has 4 bridgehead atoms. The van der Waals surface area contributed by atoms with E-state index in [2.05, 4.69) is 26.1 Å². The number of carbonyl (C=O) groups excluding carboxylic acids is 1. The maximum absolute atomic E-state index is 12.0. The summed E-state index contributed by atoms with van der Waals surface area (Å²) in [4.78, 5) is 31.5. The zero-order valence-corrected chi connectivity index (χ0v) is 15.8. The van der Waals surface area contributed by atoms with Crippen molar-refractivity contribution in [2.24, 2.45) is 17.8 Å². The van der Waals surface area contributed by atoms with E-state index in [4.69, 9.17) is 4.42 Å². The van der Waals surface area contributed by atoms with Gasteiger partial charge in [-0.1, -0.05) is 0 Å². The number of nitrogens with one attached hydrogen (secondary N) is 3. The molecule has 3 N–H and O–H groups in total. The van der Waals surface area contributed by atoms with Gasteiger partial charge in [0.25, 0.3) is 0 Å². The molecule has 4 aliphatic carbocycles. The Balaban J connectivity index is 1.38. The van der Waals surface area contributed by atoms with Crippen molar-refractivity contribution in [3.63, 3.8) is 0 Å². The summed E-state index contributed by atoms with van der Waals surface area (Å²) in [7, 11) is 0. The van der Waals surface area contributed by atoms with Gasteiger partial charge in [0.15, 0.2) is 5.76 Å². The van der Waals surface area contributed by atoms with Crippen LogP contribution in [0.1, 0.15) is 49.1 Å². The molecule has 0 aliphatic heterocycles. The molecule has 4 fully saturated rings. The molecule has 2 aromatic heterocycles. The number of anilines is 2. The van der Waals surface area contributed by atoms with Crippen molar-refractivity contribution in [3.8, 4) is 0 Å². The fourth-order valence-electron chi connectivity index (χ4n) is 5.83. The highest BCUT2D eigenvalue weighted by atomic mass is 16.6. The molecule has 0 atom stereocenters. The number of hydrazine groups is 1. The molecule has 0 radical (unpaired) electrons. The van der Waals surface area contributed by atoms with E-state index in [1.807, 2.05) is 0 Å². The highest BCUT2D eigenvalue weighted by molar-refractivity contribution is 5.92. The van der Waals surface area contributed by atoms with Gasteiger partial charge in [-0.15, -0.1) is 0 Å². The average Bonchev–Trinajstić information content (AvgIpc) is 3.19. The van der Waals surface area contributed by atoms with Crippen LogP contribution >= 0.6 is 0 Å². The number of hydrogen-bond donors (Lipinski definition) is 3. The van der Waals surface area contributed by atoms with Crippen molar-refractivity contribution >= 4 is 23.2 Å². The monoisotopic (exact) mass is 398 g/mol. The lowest BCUT2D eigenvalue weighted by Gasteiger charge is -2.57. The van der Waals surface area contributed by atoms with Crippen LogP contribution in [0.25, 0.3) is 0 Å². The van der Waals surface area contributed by atoms with Crippen LogP contribution in [0.4, 0.5) is 17.3 Å². The minimum Gasteiger partial charge on any atom is -0.459 e. The Hall–Kier alpha value is -3.17.